The van der Waals surface area contributed by atoms with Crippen LogP contribution in [0.1, 0.15) is 42.9 Å². The highest BCUT2D eigenvalue weighted by Gasteiger charge is 2.57. The first-order valence-electron chi connectivity index (χ1n) is 11.9. The van der Waals surface area contributed by atoms with Crippen LogP contribution in [0.3, 0.4) is 0 Å². The van der Waals surface area contributed by atoms with E-state index in [0.29, 0.717) is 10.9 Å². The van der Waals surface area contributed by atoms with Gasteiger partial charge in [0, 0.05) is 16.2 Å². The van der Waals surface area contributed by atoms with E-state index in [9.17, 15) is 5.11 Å². The Morgan fingerprint density at radius 3 is 1.94 bits per heavy atom. The molecule has 0 bridgehead atoms. The molecule has 0 spiro atoms. The van der Waals surface area contributed by atoms with Gasteiger partial charge >= 0.3 is 0 Å². The van der Waals surface area contributed by atoms with Crippen molar-refractivity contribution in [1.82, 2.24) is 0 Å². The van der Waals surface area contributed by atoms with Crippen molar-refractivity contribution in [2.75, 3.05) is 0 Å². The van der Waals surface area contributed by atoms with Gasteiger partial charge in [-0.2, -0.15) is 0 Å². The zero-order valence-corrected chi connectivity index (χ0v) is 20.3. The van der Waals surface area contributed by atoms with Gasteiger partial charge in [-0.3, -0.25) is 0 Å². The molecular formula is C31H29O2P. The topological polar surface area (TPSA) is 37.3 Å². The third-order valence-corrected chi connectivity index (χ3v) is 10.3. The zero-order valence-electron chi connectivity index (χ0n) is 19.4. The molecule has 4 aromatic rings. The first kappa shape index (κ1) is 22.6. The molecule has 2 unspecified atom stereocenters. The Morgan fingerprint density at radius 1 is 0.735 bits per heavy atom. The maximum absolute atomic E-state index is 15.6. The molecule has 1 heterocycles. The van der Waals surface area contributed by atoms with Crippen molar-refractivity contribution in [2.45, 2.75) is 31.5 Å². The lowest BCUT2D eigenvalue weighted by atomic mass is 9.84. The van der Waals surface area contributed by atoms with Crippen molar-refractivity contribution in [3.8, 4) is 0 Å². The van der Waals surface area contributed by atoms with E-state index in [4.69, 9.17) is 0 Å². The quantitative estimate of drug-likeness (QED) is 0.313. The molecule has 0 saturated heterocycles. The fourth-order valence-corrected chi connectivity index (χ4v) is 8.76. The summed E-state index contributed by atoms with van der Waals surface area (Å²) in [5, 5.41) is 12.7. The number of allylic oxidation sites excluding steroid dienone is 1. The summed E-state index contributed by atoms with van der Waals surface area (Å²) in [7, 11) is -3.59. The summed E-state index contributed by atoms with van der Waals surface area (Å²) in [5.41, 5.74) is 4.40. The highest BCUT2D eigenvalue weighted by atomic mass is 31.2. The van der Waals surface area contributed by atoms with Crippen molar-refractivity contribution in [1.29, 1.82) is 0 Å². The van der Waals surface area contributed by atoms with E-state index < -0.39 is 12.5 Å². The monoisotopic (exact) mass is 464 g/mol. The van der Waals surface area contributed by atoms with Crippen LogP contribution in [0.4, 0.5) is 0 Å². The van der Waals surface area contributed by atoms with Crippen LogP contribution in [0.15, 0.2) is 115 Å². The first-order chi connectivity index (χ1) is 16.6. The van der Waals surface area contributed by atoms with Crippen LogP contribution < -0.4 is 10.6 Å². The normalized spacial score (nSPS) is 21.8. The van der Waals surface area contributed by atoms with Crippen molar-refractivity contribution >= 4 is 28.9 Å². The standard InChI is InChI=1S/C31H29O2P/c1-2-3-21-28-27-22-13-14-23-29(27)34(33,26-19-11-6-12-20-26)31(32,25-17-9-5-10-18-25)30(28)24-15-7-4-8-16-24/h4-20,22-23,32H,2-3,21H2,1H3. The summed E-state index contributed by atoms with van der Waals surface area (Å²) in [6, 6.07) is 37.1. The maximum Gasteiger partial charge on any atom is 0.182 e. The molecule has 1 aliphatic rings. The Labute approximate surface area is 202 Å². The third kappa shape index (κ3) is 3.41. The second kappa shape index (κ2) is 9.22. The fourth-order valence-electron chi connectivity index (χ4n) is 5.23. The number of unbranched alkanes of at least 4 members (excludes halogenated alkanes) is 1. The van der Waals surface area contributed by atoms with E-state index in [1.165, 1.54) is 0 Å². The molecule has 34 heavy (non-hydrogen) atoms. The molecule has 0 saturated carbocycles. The molecule has 1 N–H and O–H groups in total. The number of hydrogen-bond acceptors (Lipinski definition) is 2. The largest absolute Gasteiger partial charge is 0.373 e. The summed E-state index contributed by atoms with van der Waals surface area (Å²) in [6.07, 6.45) is 2.83. The summed E-state index contributed by atoms with van der Waals surface area (Å²) < 4.78 is 15.6. The van der Waals surface area contributed by atoms with E-state index in [2.05, 4.69) is 13.0 Å². The average molecular weight is 465 g/mol. The summed E-state index contributed by atoms with van der Waals surface area (Å²) >= 11 is 0. The number of rotatable bonds is 6. The molecular weight excluding hydrogens is 435 g/mol. The van der Waals surface area contributed by atoms with Crippen LogP contribution in [0.5, 0.6) is 0 Å². The molecule has 0 amide bonds. The number of fused-ring (bicyclic) bond motifs is 1. The van der Waals surface area contributed by atoms with E-state index in [0.717, 1.165) is 46.8 Å². The molecule has 170 valence electrons. The summed E-state index contributed by atoms with van der Waals surface area (Å²) in [5.74, 6) is 0. The Kier molecular flexibility index (Phi) is 6.13. The van der Waals surface area contributed by atoms with Gasteiger partial charge in [0.2, 0.25) is 0 Å². The summed E-state index contributed by atoms with van der Waals surface area (Å²) in [6.45, 7) is 2.18. The van der Waals surface area contributed by atoms with Gasteiger partial charge in [-0.1, -0.05) is 129 Å². The van der Waals surface area contributed by atoms with Gasteiger partial charge in [-0.05, 0) is 35.1 Å². The minimum atomic E-state index is -3.59. The lowest BCUT2D eigenvalue weighted by Gasteiger charge is -2.45. The smallest absolute Gasteiger partial charge is 0.182 e. The molecule has 2 atom stereocenters. The van der Waals surface area contributed by atoms with Gasteiger partial charge < -0.3 is 9.67 Å². The van der Waals surface area contributed by atoms with Gasteiger partial charge in [-0.15, -0.1) is 0 Å². The Balaban J connectivity index is 1.98. The van der Waals surface area contributed by atoms with Crippen LogP contribution in [0.25, 0.3) is 11.1 Å². The van der Waals surface area contributed by atoms with Gasteiger partial charge in [0.1, 0.15) is 0 Å². The molecule has 0 fully saturated rings. The zero-order chi connectivity index (χ0) is 23.6. The SMILES string of the molecule is CCCCC1=C(c2ccccc2)C(O)(c2ccccc2)P(=O)(c2ccccc2)c2ccccc21. The van der Waals surface area contributed by atoms with E-state index in [-0.39, 0.29) is 0 Å². The van der Waals surface area contributed by atoms with Crippen LogP contribution in [0, 0.1) is 0 Å². The summed E-state index contributed by atoms with van der Waals surface area (Å²) in [4.78, 5) is 0. The van der Waals surface area contributed by atoms with E-state index in [1.807, 2.05) is 109 Å². The fraction of sp³-hybridized carbons (Fsp3) is 0.161. The molecule has 0 aliphatic carbocycles. The third-order valence-electron chi connectivity index (χ3n) is 6.81. The number of aliphatic hydroxyl groups is 1. The van der Waals surface area contributed by atoms with Crippen LogP contribution in [0.2, 0.25) is 0 Å². The highest BCUT2D eigenvalue weighted by molar-refractivity contribution is 7.80. The molecule has 2 nitrogen and oxygen atoms in total. The predicted molar refractivity (Wildman–Crippen MR) is 143 cm³/mol. The second-order valence-corrected chi connectivity index (χ2v) is 11.7. The first-order valence-corrected chi connectivity index (χ1v) is 13.7. The minimum absolute atomic E-state index is 0.657. The molecule has 4 aromatic carbocycles. The number of benzene rings is 4. The maximum atomic E-state index is 15.6. The number of hydrogen-bond donors (Lipinski definition) is 1. The van der Waals surface area contributed by atoms with Gasteiger partial charge in [0.15, 0.2) is 12.5 Å². The predicted octanol–water partition coefficient (Wildman–Crippen LogP) is 6.96. The van der Waals surface area contributed by atoms with Gasteiger partial charge in [0.05, 0.1) is 0 Å². The molecule has 0 aromatic heterocycles. The Morgan fingerprint density at radius 2 is 1.29 bits per heavy atom. The lowest BCUT2D eigenvalue weighted by molar-refractivity contribution is 0.187. The van der Waals surface area contributed by atoms with E-state index >= 15 is 4.57 Å². The van der Waals surface area contributed by atoms with Gasteiger partial charge in [-0.25, -0.2) is 0 Å². The molecule has 0 radical (unpaired) electrons. The minimum Gasteiger partial charge on any atom is -0.373 e. The van der Waals surface area contributed by atoms with Crippen molar-refractivity contribution < 1.29 is 9.67 Å². The van der Waals surface area contributed by atoms with Crippen LogP contribution in [-0.2, 0) is 9.91 Å². The van der Waals surface area contributed by atoms with Crippen LogP contribution in [-0.4, -0.2) is 5.11 Å². The van der Waals surface area contributed by atoms with Crippen molar-refractivity contribution in [3.05, 3.63) is 132 Å². The van der Waals surface area contributed by atoms with Crippen molar-refractivity contribution in [3.63, 3.8) is 0 Å². The Hall–Kier alpha value is -3.19. The van der Waals surface area contributed by atoms with Crippen LogP contribution >= 0.6 is 7.14 Å². The van der Waals surface area contributed by atoms with Gasteiger partial charge in [0.25, 0.3) is 0 Å². The highest BCUT2D eigenvalue weighted by Crippen LogP contribution is 2.69. The molecule has 3 heteroatoms. The average Bonchev–Trinajstić information content (AvgIpc) is 2.91. The Bertz CT molecular complexity index is 1360. The van der Waals surface area contributed by atoms with E-state index in [1.54, 1.807) is 0 Å². The second-order valence-electron chi connectivity index (χ2n) is 8.82. The molecule has 5 rings (SSSR count). The lowest BCUT2D eigenvalue weighted by Crippen LogP contribution is -2.41. The molecule has 1 aliphatic heterocycles. The van der Waals surface area contributed by atoms with Crippen molar-refractivity contribution in [2.24, 2.45) is 0 Å².